The Hall–Kier alpha value is -2.30. The third-order valence-corrected chi connectivity index (χ3v) is 10.9. The highest BCUT2D eigenvalue weighted by molar-refractivity contribution is 7.89. The molecule has 0 atom stereocenters. The molecule has 0 saturated heterocycles. The van der Waals surface area contributed by atoms with Gasteiger partial charge in [0.1, 0.15) is 9.77 Å². The Morgan fingerprint density at radius 3 is 2.29 bits per heavy atom. The summed E-state index contributed by atoms with van der Waals surface area (Å²) >= 11 is 1.25. The molecule has 4 rings (SSSR count). The average molecular weight is 562 g/mol. The zero-order valence-electron chi connectivity index (χ0n) is 22.6. The van der Waals surface area contributed by atoms with E-state index >= 15 is 0 Å². The van der Waals surface area contributed by atoms with E-state index in [2.05, 4.69) is 16.6 Å². The maximum absolute atomic E-state index is 14.1. The van der Waals surface area contributed by atoms with E-state index in [9.17, 15) is 23.1 Å². The Morgan fingerprint density at radius 1 is 1.08 bits per heavy atom. The summed E-state index contributed by atoms with van der Waals surface area (Å²) in [5.41, 5.74) is 0.250. The number of carboxylic acids is 1. The largest absolute Gasteiger partial charge is 0.477 e. The maximum atomic E-state index is 14.1. The highest BCUT2D eigenvalue weighted by atomic mass is 32.2. The topological polar surface area (TPSA) is 117 Å². The van der Waals surface area contributed by atoms with Crippen molar-refractivity contribution < 1.29 is 23.1 Å². The summed E-state index contributed by atoms with van der Waals surface area (Å²) in [5, 5.41) is 10.1. The number of amides is 1. The number of aromatic carboxylic acids is 1. The van der Waals surface area contributed by atoms with Crippen molar-refractivity contribution in [3.8, 4) is 0 Å². The minimum absolute atomic E-state index is 0.0112. The lowest BCUT2D eigenvalue weighted by Crippen LogP contribution is -2.49. The van der Waals surface area contributed by atoms with Gasteiger partial charge >= 0.3 is 5.97 Å². The van der Waals surface area contributed by atoms with Crippen LogP contribution < -0.4 is 9.62 Å². The third kappa shape index (κ3) is 6.46. The van der Waals surface area contributed by atoms with Crippen molar-refractivity contribution in [3.63, 3.8) is 0 Å². The Labute approximate surface area is 229 Å². The van der Waals surface area contributed by atoms with Gasteiger partial charge in [0, 0.05) is 35.3 Å². The fourth-order valence-corrected chi connectivity index (χ4v) is 7.84. The molecule has 0 aliphatic heterocycles. The molecule has 0 bridgehead atoms. The highest BCUT2D eigenvalue weighted by Crippen LogP contribution is 2.42. The van der Waals surface area contributed by atoms with E-state index in [1.807, 2.05) is 26.8 Å². The van der Waals surface area contributed by atoms with E-state index in [1.54, 1.807) is 11.0 Å². The van der Waals surface area contributed by atoms with E-state index in [0.29, 0.717) is 37.3 Å². The van der Waals surface area contributed by atoms with Crippen molar-refractivity contribution in [1.82, 2.24) is 9.71 Å². The molecule has 0 radical (unpaired) electrons. The molecule has 10 heteroatoms. The van der Waals surface area contributed by atoms with Gasteiger partial charge in [-0.15, -0.1) is 11.3 Å². The van der Waals surface area contributed by atoms with Crippen LogP contribution in [0.5, 0.6) is 0 Å². The Balaban J connectivity index is 1.59. The van der Waals surface area contributed by atoms with Crippen LogP contribution >= 0.6 is 11.3 Å². The molecule has 2 aromatic rings. The molecule has 1 amide bonds. The molecule has 2 aromatic heterocycles. The summed E-state index contributed by atoms with van der Waals surface area (Å²) in [4.78, 5) is 33.3. The van der Waals surface area contributed by atoms with E-state index < -0.39 is 16.0 Å². The van der Waals surface area contributed by atoms with Crippen LogP contribution in [0.4, 0.5) is 5.69 Å². The zero-order valence-corrected chi connectivity index (χ0v) is 24.3. The summed E-state index contributed by atoms with van der Waals surface area (Å²) in [6, 6.07) is 4.57. The molecule has 2 heterocycles. The van der Waals surface area contributed by atoms with Crippen LogP contribution in [0.2, 0.25) is 0 Å². The van der Waals surface area contributed by atoms with Gasteiger partial charge in [-0.2, -0.15) is 0 Å². The number of rotatable bonds is 7. The van der Waals surface area contributed by atoms with Crippen molar-refractivity contribution in [2.45, 2.75) is 101 Å². The Kier molecular flexibility index (Phi) is 8.64. The van der Waals surface area contributed by atoms with Gasteiger partial charge in [-0.3, -0.25) is 9.78 Å². The Morgan fingerprint density at radius 2 is 1.74 bits per heavy atom. The van der Waals surface area contributed by atoms with Crippen molar-refractivity contribution in [2.24, 2.45) is 11.8 Å². The fraction of sp³-hybridized carbons (Fsp3) is 0.607. The number of carboxylic acid groups (broad SMARTS) is 1. The normalized spacial score (nSPS) is 24.6. The number of nitrogens with zero attached hydrogens (tertiary/aromatic N) is 2. The first-order chi connectivity index (χ1) is 17.9. The van der Waals surface area contributed by atoms with Gasteiger partial charge in [-0.05, 0) is 80.9 Å². The number of hydrogen-bond acceptors (Lipinski definition) is 6. The fourth-order valence-electron chi connectivity index (χ4n) is 5.53. The van der Waals surface area contributed by atoms with E-state index in [4.69, 9.17) is 0 Å². The highest BCUT2D eigenvalue weighted by Gasteiger charge is 2.38. The first kappa shape index (κ1) is 28.7. The molecule has 2 aliphatic rings. The molecule has 38 heavy (non-hydrogen) atoms. The number of carbonyl (C=O) groups is 2. The average Bonchev–Trinajstić information content (AvgIpc) is 3.32. The van der Waals surface area contributed by atoms with Crippen LogP contribution in [0.15, 0.2) is 35.5 Å². The second kappa shape index (κ2) is 11.4. The minimum atomic E-state index is -3.69. The van der Waals surface area contributed by atoms with Crippen molar-refractivity contribution >= 4 is 38.9 Å². The van der Waals surface area contributed by atoms with Crippen LogP contribution in [-0.2, 0) is 20.2 Å². The standard InChI is InChI=1S/C28H39N3O5S2/c1-18-7-9-19(10-8-18)26(32)31(23-16-24(28(2,3)4)37-25(23)27(33)34)21-13-11-20(12-14-21)30-38(35,36)22-6-5-15-29-17-22/h5-6,15-21,30H,7-14H2,1-4H3,(H,33,34)/t18-,19-,20?,21?. The van der Waals surface area contributed by atoms with Gasteiger partial charge < -0.3 is 10.0 Å². The van der Waals surface area contributed by atoms with Crippen LogP contribution in [-0.4, -0.2) is 42.5 Å². The molecular weight excluding hydrogens is 522 g/mol. The number of hydrogen-bond donors (Lipinski definition) is 2. The number of sulfonamides is 1. The predicted octanol–water partition coefficient (Wildman–Crippen LogP) is 5.59. The molecule has 2 N–H and O–H groups in total. The quantitative estimate of drug-likeness (QED) is 0.455. The molecule has 0 spiro atoms. The van der Waals surface area contributed by atoms with Crippen LogP contribution in [0.1, 0.15) is 93.6 Å². The number of thiophene rings is 1. The molecule has 0 unspecified atom stereocenters. The van der Waals surface area contributed by atoms with Gasteiger partial charge in [0.25, 0.3) is 0 Å². The first-order valence-corrected chi connectivity index (χ1v) is 15.8. The summed E-state index contributed by atoms with van der Waals surface area (Å²) in [6.45, 7) is 8.34. The van der Waals surface area contributed by atoms with Gasteiger partial charge in [0.15, 0.2) is 0 Å². The molecule has 2 aliphatic carbocycles. The van der Waals surface area contributed by atoms with Gasteiger partial charge in [0.2, 0.25) is 15.9 Å². The van der Waals surface area contributed by atoms with E-state index in [-0.39, 0.29) is 39.1 Å². The van der Waals surface area contributed by atoms with Gasteiger partial charge in [0.05, 0.1) is 5.69 Å². The van der Waals surface area contributed by atoms with Crippen molar-refractivity contribution in [2.75, 3.05) is 4.90 Å². The second-order valence-corrected chi connectivity index (χ2v) is 14.6. The maximum Gasteiger partial charge on any atom is 0.348 e. The number of pyridine rings is 1. The van der Waals surface area contributed by atoms with Gasteiger partial charge in [-0.25, -0.2) is 17.9 Å². The molecule has 2 fully saturated rings. The predicted molar refractivity (Wildman–Crippen MR) is 149 cm³/mol. The summed E-state index contributed by atoms with van der Waals surface area (Å²) in [5.74, 6) is -0.530. The summed E-state index contributed by atoms with van der Waals surface area (Å²) in [7, 11) is -3.69. The lowest BCUT2D eigenvalue weighted by Gasteiger charge is -2.39. The molecule has 8 nitrogen and oxygen atoms in total. The van der Waals surface area contributed by atoms with Crippen LogP contribution in [0.3, 0.4) is 0 Å². The lowest BCUT2D eigenvalue weighted by molar-refractivity contribution is -0.124. The second-order valence-electron chi connectivity index (χ2n) is 11.9. The minimum Gasteiger partial charge on any atom is -0.477 e. The molecular formula is C28H39N3O5S2. The SMILES string of the molecule is CC(C)(C)c1cc(N(C(=O)[C@H]2CC[C@H](C)CC2)C2CCC(NS(=O)(=O)c3cccnc3)CC2)c(C(=O)O)s1. The Bertz CT molecular complexity index is 1240. The first-order valence-electron chi connectivity index (χ1n) is 13.5. The van der Waals surface area contributed by atoms with E-state index in [1.165, 1.54) is 29.8 Å². The van der Waals surface area contributed by atoms with Crippen LogP contribution in [0, 0.1) is 11.8 Å². The molecule has 0 aromatic carbocycles. The summed E-state index contributed by atoms with van der Waals surface area (Å²) < 4.78 is 28.4. The number of nitrogens with one attached hydrogen (secondary N) is 1. The summed E-state index contributed by atoms with van der Waals surface area (Å²) in [6.07, 6.45) is 8.79. The smallest absolute Gasteiger partial charge is 0.348 e. The third-order valence-electron chi connectivity index (χ3n) is 7.84. The van der Waals surface area contributed by atoms with E-state index in [0.717, 1.165) is 30.6 Å². The van der Waals surface area contributed by atoms with Crippen LogP contribution in [0.25, 0.3) is 0 Å². The number of anilines is 1. The number of aromatic nitrogens is 1. The lowest BCUT2D eigenvalue weighted by atomic mass is 9.81. The monoisotopic (exact) mass is 561 g/mol. The zero-order chi connectivity index (χ0) is 27.7. The molecule has 2 saturated carbocycles. The van der Waals surface area contributed by atoms with Crippen molar-refractivity contribution in [1.29, 1.82) is 0 Å². The number of carbonyl (C=O) groups excluding carboxylic acids is 1. The molecule has 208 valence electrons. The van der Waals surface area contributed by atoms with Gasteiger partial charge in [-0.1, -0.05) is 27.7 Å². The van der Waals surface area contributed by atoms with Crippen molar-refractivity contribution in [3.05, 3.63) is 40.3 Å².